The van der Waals surface area contributed by atoms with Crippen molar-refractivity contribution in [3.05, 3.63) is 17.0 Å². The van der Waals surface area contributed by atoms with Crippen LogP contribution in [0.4, 0.5) is 0 Å². The van der Waals surface area contributed by atoms with Crippen molar-refractivity contribution in [1.29, 1.82) is 0 Å². The molecule has 2 atom stereocenters. The van der Waals surface area contributed by atoms with Crippen LogP contribution in [-0.2, 0) is 22.4 Å². The van der Waals surface area contributed by atoms with Crippen molar-refractivity contribution in [3.8, 4) is 0 Å². The van der Waals surface area contributed by atoms with Gasteiger partial charge in [-0.1, -0.05) is 0 Å². The van der Waals surface area contributed by atoms with E-state index in [1.54, 1.807) is 7.11 Å². The summed E-state index contributed by atoms with van der Waals surface area (Å²) in [6.07, 6.45) is 1.91. The molecule has 2 aliphatic rings. The zero-order valence-electron chi connectivity index (χ0n) is 13.0. The van der Waals surface area contributed by atoms with Crippen molar-refractivity contribution >= 4 is 5.91 Å². The summed E-state index contributed by atoms with van der Waals surface area (Å²) in [4.78, 5) is 14.6. The largest absolute Gasteiger partial charge is 0.383 e. The molecule has 0 saturated carbocycles. The topological polar surface area (TPSA) is 56.6 Å². The molecule has 2 aliphatic heterocycles. The summed E-state index contributed by atoms with van der Waals surface area (Å²) in [5, 5.41) is 4.63. The van der Waals surface area contributed by atoms with Crippen molar-refractivity contribution in [2.75, 3.05) is 26.8 Å². The Morgan fingerprint density at radius 3 is 2.81 bits per heavy atom. The van der Waals surface area contributed by atoms with E-state index in [9.17, 15) is 4.79 Å². The van der Waals surface area contributed by atoms with E-state index in [0.29, 0.717) is 13.2 Å². The maximum absolute atomic E-state index is 12.7. The first kappa shape index (κ1) is 14.5. The Balaban J connectivity index is 1.99. The average Bonchev–Trinajstić information content (AvgIpc) is 2.72. The third-order valence-corrected chi connectivity index (χ3v) is 4.25. The van der Waals surface area contributed by atoms with E-state index < -0.39 is 0 Å². The van der Waals surface area contributed by atoms with Gasteiger partial charge in [-0.25, -0.2) is 0 Å². The Morgan fingerprint density at radius 2 is 2.19 bits per heavy atom. The van der Waals surface area contributed by atoms with E-state index in [-0.39, 0.29) is 18.1 Å². The van der Waals surface area contributed by atoms with Gasteiger partial charge in [-0.2, -0.15) is 5.10 Å². The Morgan fingerprint density at radius 1 is 1.43 bits per heavy atom. The number of hydrogen-bond acceptors (Lipinski definition) is 4. The first-order valence-corrected chi connectivity index (χ1v) is 7.65. The first-order valence-electron chi connectivity index (χ1n) is 7.65. The van der Waals surface area contributed by atoms with Gasteiger partial charge in [0.1, 0.15) is 5.69 Å². The lowest BCUT2D eigenvalue weighted by atomic mass is 9.98. The lowest BCUT2D eigenvalue weighted by Gasteiger charge is -2.32. The molecule has 21 heavy (non-hydrogen) atoms. The van der Waals surface area contributed by atoms with Crippen LogP contribution in [0.25, 0.3) is 0 Å². The third-order valence-electron chi connectivity index (χ3n) is 4.25. The van der Waals surface area contributed by atoms with Crippen molar-refractivity contribution in [2.45, 2.75) is 45.4 Å². The highest BCUT2D eigenvalue weighted by atomic mass is 16.5. The minimum atomic E-state index is -0.0597. The van der Waals surface area contributed by atoms with Gasteiger partial charge in [-0.3, -0.25) is 9.48 Å². The van der Waals surface area contributed by atoms with E-state index in [4.69, 9.17) is 9.47 Å². The van der Waals surface area contributed by atoms with Crippen LogP contribution in [0, 0.1) is 0 Å². The number of carbonyl (C=O) groups is 1. The highest BCUT2D eigenvalue weighted by Crippen LogP contribution is 2.32. The van der Waals surface area contributed by atoms with Crippen LogP contribution in [-0.4, -0.2) is 53.5 Å². The van der Waals surface area contributed by atoms with Gasteiger partial charge in [0.05, 0.1) is 31.1 Å². The maximum Gasteiger partial charge on any atom is 0.272 e. The minimum Gasteiger partial charge on any atom is -0.383 e. The van der Waals surface area contributed by atoms with Crippen molar-refractivity contribution in [3.63, 3.8) is 0 Å². The van der Waals surface area contributed by atoms with Gasteiger partial charge < -0.3 is 14.4 Å². The number of amides is 1. The molecule has 0 N–H and O–H groups in total. The van der Waals surface area contributed by atoms with E-state index in [0.717, 1.165) is 42.9 Å². The van der Waals surface area contributed by atoms with Gasteiger partial charge in [0.15, 0.2) is 0 Å². The van der Waals surface area contributed by atoms with Crippen LogP contribution in [0.2, 0.25) is 0 Å². The van der Waals surface area contributed by atoms with Gasteiger partial charge in [0.25, 0.3) is 5.91 Å². The van der Waals surface area contributed by atoms with Crippen LogP contribution in [0.3, 0.4) is 0 Å². The molecule has 116 valence electrons. The number of nitrogens with zero attached hydrogens (tertiary/aromatic N) is 3. The standard InChI is InChI=1S/C15H23N3O3/c1-10-9-12-13(11(2)21-10)16-18(7-8-20-3)14(12)15(19)17-5-4-6-17/h10-11H,4-9H2,1-3H3/t10-,11+/m0/s1. The molecule has 1 saturated heterocycles. The molecule has 0 unspecified atom stereocenters. The zero-order valence-corrected chi connectivity index (χ0v) is 13.0. The van der Waals surface area contributed by atoms with Crippen LogP contribution in [0.1, 0.15) is 48.1 Å². The molecule has 1 fully saturated rings. The zero-order chi connectivity index (χ0) is 15.0. The van der Waals surface area contributed by atoms with Gasteiger partial charge in [0, 0.05) is 32.2 Å². The molecular formula is C15H23N3O3. The van der Waals surface area contributed by atoms with Crippen LogP contribution >= 0.6 is 0 Å². The smallest absolute Gasteiger partial charge is 0.272 e. The normalized spacial score (nSPS) is 24.6. The van der Waals surface area contributed by atoms with E-state index in [2.05, 4.69) is 5.10 Å². The van der Waals surface area contributed by atoms with Gasteiger partial charge in [-0.15, -0.1) is 0 Å². The molecule has 6 heteroatoms. The van der Waals surface area contributed by atoms with Gasteiger partial charge in [-0.05, 0) is 20.3 Å². The first-order chi connectivity index (χ1) is 10.1. The second-order valence-corrected chi connectivity index (χ2v) is 5.87. The number of methoxy groups -OCH3 is 1. The summed E-state index contributed by atoms with van der Waals surface area (Å²) < 4.78 is 12.8. The lowest BCUT2D eigenvalue weighted by molar-refractivity contribution is -0.00722. The molecular weight excluding hydrogens is 270 g/mol. The molecule has 1 aromatic rings. The highest BCUT2D eigenvalue weighted by molar-refractivity contribution is 5.95. The fraction of sp³-hybridized carbons (Fsp3) is 0.733. The number of aromatic nitrogens is 2. The number of carbonyl (C=O) groups excluding carboxylic acids is 1. The van der Waals surface area contributed by atoms with Gasteiger partial charge >= 0.3 is 0 Å². The second kappa shape index (κ2) is 5.77. The number of rotatable bonds is 4. The number of ether oxygens (including phenoxy) is 2. The fourth-order valence-electron chi connectivity index (χ4n) is 3.04. The summed E-state index contributed by atoms with van der Waals surface area (Å²) in [6, 6.07) is 0. The predicted molar refractivity (Wildman–Crippen MR) is 77.3 cm³/mol. The molecule has 0 radical (unpaired) electrons. The SMILES string of the molecule is COCCn1nc2c(c1C(=O)N1CCC1)C[C@H](C)O[C@@H]2C. The quantitative estimate of drug-likeness (QED) is 0.842. The molecule has 0 aromatic carbocycles. The lowest BCUT2D eigenvalue weighted by Crippen LogP contribution is -2.43. The Labute approximate surface area is 125 Å². The summed E-state index contributed by atoms with van der Waals surface area (Å²) in [5.74, 6) is 0.104. The monoisotopic (exact) mass is 293 g/mol. The summed E-state index contributed by atoms with van der Waals surface area (Å²) in [7, 11) is 1.66. The minimum absolute atomic E-state index is 0.0597. The molecule has 1 aromatic heterocycles. The predicted octanol–water partition coefficient (Wildman–Crippen LogP) is 1.40. The van der Waals surface area contributed by atoms with Crippen molar-refractivity contribution in [2.24, 2.45) is 0 Å². The van der Waals surface area contributed by atoms with E-state index in [1.165, 1.54) is 0 Å². The number of hydrogen-bond donors (Lipinski definition) is 0. The molecule has 0 aliphatic carbocycles. The fourth-order valence-corrected chi connectivity index (χ4v) is 3.04. The maximum atomic E-state index is 12.7. The molecule has 6 nitrogen and oxygen atoms in total. The summed E-state index contributed by atoms with van der Waals surface area (Å²) in [6.45, 7) is 6.89. The van der Waals surface area contributed by atoms with Crippen LogP contribution in [0.5, 0.6) is 0 Å². The highest BCUT2D eigenvalue weighted by Gasteiger charge is 2.34. The molecule has 3 rings (SSSR count). The summed E-state index contributed by atoms with van der Waals surface area (Å²) >= 11 is 0. The molecule has 3 heterocycles. The Kier molecular flexibility index (Phi) is 3.99. The van der Waals surface area contributed by atoms with Crippen molar-refractivity contribution < 1.29 is 14.3 Å². The van der Waals surface area contributed by atoms with E-state index in [1.807, 2.05) is 23.4 Å². The Hall–Kier alpha value is -1.40. The second-order valence-electron chi connectivity index (χ2n) is 5.87. The van der Waals surface area contributed by atoms with Crippen molar-refractivity contribution in [1.82, 2.24) is 14.7 Å². The molecule has 1 amide bonds. The number of fused-ring (bicyclic) bond motifs is 1. The van der Waals surface area contributed by atoms with E-state index >= 15 is 0 Å². The van der Waals surface area contributed by atoms with Gasteiger partial charge in [0.2, 0.25) is 0 Å². The summed E-state index contributed by atoms with van der Waals surface area (Å²) in [5.41, 5.74) is 2.71. The van der Waals surface area contributed by atoms with Crippen LogP contribution in [0.15, 0.2) is 0 Å². The molecule has 0 bridgehead atoms. The molecule has 0 spiro atoms. The van der Waals surface area contributed by atoms with Crippen LogP contribution < -0.4 is 0 Å². The Bertz CT molecular complexity index is 537. The number of likely N-dealkylation sites (tertiary alicyclic amines) is 1. The third kappa shape index (κ3) is 2.58. The average molecular weight is 293 g/mol.